The first-order chi connectivity index (χ1) is 13.4. The Morgan fingerprint density at radius 1 is 0.964 bits per heavy atom. The molecule has 1 aliphatic heterocycles. The molecule has 142 valence electrons. The molecule has 1 atom stereocenters. The Kier molecular flexibility index (Phi) is 4.73. The minimum Gasteiger partial charge on any atom is -0.207 e. The Hall–Kier alpha value is -2.99. The van der Waals surface area contributed by atoms with Crippen molar-refractivity contribution < 1.29 is 12.8 Å². The summed E-state index contributed by atoms with van der Waals surface area (Å²) in [6, 6.07) is 21.5. The monoisotopic (exact) mass is 394 g/mol. The lowest BCUT2D eigenvalue weighted by Gasteiger charge is -2.23. The molecular weight excluding hydrogens is 375 g/mol. The van der Waals surface area contributed by atoms with E-state index in [1.807, 2.05) is 37.3 Å². The average Bonchev–Trinajstić information content (AvgIpc) is 3.15. The lowest BCUT2D eigenvalue weighted by Crippen LogP contribution is -2.27. The fraction of sp³-hybridized carbons (Fsp3) is 0.136. The van der Waals surface area contributed by atoms with Crippen LogP contribution in [0.1, 0.15) is 29.2 Å². The van der Waals surface area contributed by atoms with Crippen molar-refractivity contribution in [3.05, 3.63) is 101 Å². The molecule has 1 aliphatic rings. The van der Waals surface area contributed by atoms with E-state index in [0.717, 1.165) is 15.5 Å². The zero-order valence-electron chi connectivity index (χ0n) is 15.3. The van der Waals surface area contributed by atoms with Crippen LogP contribution in [0.2, 0.25) is 0 Å². The molecule has 4 nitrogen and oxygen atoms in total. The number of hydrogen-bond acceptors (Lipinski definition) is 3. The van der Waals surface area contributed by atoms with E-state index in [1.54, 1.807) is 36.4 Å². The van der Waals surface area contributed by atoms with Gasteiger partial charge in [0, 0.05) is 6.42 Å². The summed E-state index contributed by atoms with van der Waals surface area (Å²) in [5, 5.41) is 4.46. The molecule has 0 aliphatic carbocycles. The van der Waals surface area contributed by atoms with Gasteiger partial charge in [-0.2, -0.15) is 17.9 Å². The summed E-state index contributed by atoms with van der Waals surface area (Å²) in [7, 11) is -3.88. The first kappa shape index (κ1) is 18.4. The molecule has 0 fully saturated rings. The average molecular weight is 394 g/mol. The first-order valence-electron chi connectivity index (χ1n) is 8.94. The third-order valence-corrected chi connectivity index (χ3v) is 6.47. The summed E-state index contributed by atoms with van der Waals surface area (Å²) in [6.45, 7) is 1.90. The molecular formula is C22H19FN2O2S. The van der Waals surface area contributed by atoms with Gasteiger partial charge >= 0.3 is 0 Å². The van der Waals surface area contributed by atoms with E-state index in [4.69, 9.17) is 0 Å². The Morgan fingerprint density at radius 3 is 2.36 bits per heavy atom. The first-order valence-corrected chi connectivity index (χ1v) is 10.4. The quantitative estimate of drug-likeness (QED) is 0.645. The number of sulfonamides is 1. The van der Waals surface area contributed by atoms with Crippen molar-refractivity contribution in [2.75, 3.05) is 0 Å². The predicted molar refractivity (Wildman–Crippen MR) is 107 cm³/mol. The maximum absolute atomic E-state index is 13.8. The van der Waals surface area contributed by atoms with Gasteiger partial charge in [0.1, 0.15) is 5.82 Å². The van der Waals surface area contributed by atoms with E-state index in [9.17, 15) is 12.8 Å². The summed E-state index contributed by atoms with van der Waals surface area (Å²) >= 11 is 0. The highest BCUT2D eigenvalue weighted by Crippen LogP contribution is 2.37. The molecule has 3 aromatic rings. The van der Waals surface area contributed by atoms with Gasteiger partial charge in [-0.25, -0.2) is 4.39 Å². The van der Waals surface area contributed by atoms with Gasteiger partial charge < -0.3 is 0 Å². The fourth-order valence-corrected chi connectivity index (χ4v) is 4.73. The Labute approximate surface area is 164 Å². The second kappa shape index (κ2) is 7.20. The van der Waals surface area contributed by atoms with Crippen molar-refractivity contribution in [1.82, 2.24) is 4.41 Å². The van der Waals surface area contributed by atoms with Crippen LogP contribution < -0.4 is 0 Å². The van der Waals surface area contributed by atoms with E-state index in [0.29, 0.717) is 17.7 Å². The van der Waals surface area contributed by atoms with Crippen LogP contribution in [0.4, 0.5) is 4.39 Å². The lowest BCUT2D eigenvalue weighted by molar-refractivity contribution is 0.370. The fourth-order valence-electron chi connectivity index (χ4n) is 3.30. The maximum Gasteiger partial charge on any atom is 0.279 e. The van der Waals surface area contributed by atoms with Gasteiger partial charge in [0.05, 0.1) is 16.6 Å². The number of halogens is 1. The third-order valence-electron chi connectivity index (χ3n) is 4.78. The number of nitrogens with zero attached hydrogens (tertiary/aromatic N) is 2. The predicted octanol–water partition coefficient (Wildman–Crippen LogP) is 4.67. The highest BCUT2D eigenvalue weighted by Gasteiger charge is 2.37. The molecule has 0 aromatic heterocycles. The SMILES string of the molecule is Cc1ccc(S(=O)(=O)N2N=C(c3ccccc3)C[C@@H]2c2cccc(F)c2)cc1. The second-order valence-corrected chi connectivity index (χ2v) is 8.57. The Morgan fingerprint density at radius 2 is 1.68 bits per heavy atom. The Bertz CT molecular complexity index is 1130. The number of hydrazone groups is 1. The van der Waals surface area contributed by atoms with Crippen molar-refractivity contribution in [2.45, 2.75) is 24.3 Å². The normalized spacial score (nSPS) is 16.9. The van der Waals surface area contributed by atoms with Gasteiger partial charge in [0.2, 0.25) is 0 Å². The van der Waals surface area contributed by atoms with Crippen molar-refractivity contribution >= 4 is 15.7 Å². The van der Waals surface area contributed by atoms with Crippen molar-refractivity contribution in [2.24, 2.45) is 5.10 Å². The summed E-state index contributed by atoms with van der Waals surface area (Å²) in [5.74, 6) is -0.404. The molecule has 0 amide bonds. The van der Waals surface area contributed by atoms with Gasteiger partial charge in [0.25, 0.3) is 10.0 Å². The van der Waals surface area contributed by atoms with E-state index >= 15 is 0 Å². The molecule has 0 saturated heterocycles. The third kappa shape index (κ3) is 3.43. The van der Waals surface area contributed by atoms with Crippen LogP contribution in [0, 0.1) is 12.7 Å². The molecule has 0 spiro atoms. The van der Waals surface area contributed by atoms with E-state index in [2.05, 4.69) is 5.10 Å². The highest BCUT2D eigenvalue weighted by molar-refractivity contribution is 7.89. The number of aryl methyl sites for hydroxylation is 1. The molecule has 0 saturated carbocycles. The van der Waals surface area contributed by atoms with Crippen LogP contribution >= 0.6 is 0 Å². The Balaban J connectivity index is 1.81. The number of rotatable bonds is 4. The second-order valence-electron chi connectivity index (χ2n) is 6.78. The van der Waals surface area contributed by atoms with Crippen LogP contribution in [0.15, 0.2) is 88.9 Å². The standard InChI is InChI=1S/C22H19FN2O2S/c1-16-10-12-20(13-11-16)28(26,27)25-22(18-8-5-9-19(23)14-18)15-21(24-25)17-6-3-2-4-7-17/h2-14,22H,15H2,1H3/t22-/m1/s1. The summed E-state index contributed by atoms with van der Waals surface area (Å²) in [4.78, 5) is 0.164. The molecule has 6 heteroatoms. The molecule has 0 unspecified atom stereocenters. The van der Waals surface area contributed by atoms with Gasteiger partial charge in [-0.05, 0) is 42.3 Å². The summed E-state index contributed by atoms with van der Waals surface area (Å²) in [5.41, 5.74) is 3.05. The number of hydrogen-bond donors (Lipinski definition) is 0. The topological polar surface area (TPSA) is 49.7 Å². The largest absolute Gasteiger partial charge is 0.279 e. The van der Waals surface area contributed by atoms with Gasteiger partial charge in [-0.15, -0.1) is 0 Å². The lowest BCUT2D eigenvalue weighted by atomic mass is 9.99. The van der Waals surface area contributed by atoms with Crippen LogP contribution in [-0.2, 0) is 10.0 Å². The van der Waals surface area contributed by atoms with Crippen LogP contribution in [-0.4, -0.2) is 18.5 Å². The van der Waals surface area contributed by atoms with Gasteiger partial charge in [-0.3, -0.25) is 0 Å². The van der Waals surface area contributed by atoms with Gasteiger partial charge in [-0.1, -0.05) is 60.2 Å². The maximum atomic E-state index is 13.8. The van der Waals surface area contributed by atoms with Crippen LogP contribution in [0.3, 0.4) is 0 Å². The minimum absolute atomic E-state index is 0.164. The van der Waals surface area contributed by atoms with Crippen molar-refractivity contribution in [3.63, 3.8) is 0 Å². The minimum atomic E-state index is -3.88. The summed E-state index contributed by atoms with van der Waals surface area (Å²) < 4.78 is 41.6. The van der Waals surface area contributed by atoms with Crippen LogP contribution in [0.5, 0.6) is 0 Å². The molecule has 0 radical (unpaired) electrons. The van der Waals surface area contributed by atoms with Crippen LogP contribution in [0.25, 0.3) is 0 Å². The zero-order chi connectivity index (χ0) is 19.7. The highest BCUT2D eigenvalue weighted by atomic mass is 32.2. The molecule has 0 N–H and O–H groups in total. The molecule has 3 aromatic carbocycles. The van der Waals surface area contributed by atoms with Gasteiger partial charge in [0.15, 0.2) is 0 Å². The van der Waals surface area contributed by atoms with Crippen molar-refractivity contribution in [1.29, 1.82) is 0 Å². The molecule has 0 bridgehead atoms. The number of benzene rings is 3. The molecule has 1 heterocycles. The van der Waals surface area contributed by atoms with Crippen molar-refractivity contribution in [3.8, 4) is 0 Å². The van der Waals surface area contributed by atoms with E-state index < -0.39 is 21.9 Å². The molecule has 4 rings (SSSR count). The smallest absolute Gasteiger partial charge is 0.207 e. The summed E-state index contributed by atoms with van der Waals surface area (Å²) in [6.07, 6.45) is 0.374. The molecule has 28 heavy (non-hydrogen) atoms. The zero-order valence-corrected chi connectivity index (χ0v) is 16.1. The van der Waals surface area contributed by atoms with E-state index in [1.165, 1.54) is 12.1 Å². The van der Waals surface area contributed by atoms with E-state index in [-0.39, 0.29) is 4.90 Å².